The van der Waals surface area contributed by atoms with Crippen LogP contribution in [0, 0.1) is 25.5 Å². The van der Waals surface area contributed by atoms with E-state index in [-0.39, 0.29) is 11.4 Å². The predicted molar refractivity (Wildman–Crippen MR) is 70.0 cm³/mol. The molecule has 0 saturated carbocycles. The molecule has 2 aromatic rings. The summed E-state index contributed by atoms with van der Waals surface area (Å²) in [4.78, 5) is 0. The van der Waals surface area contributed by atoms with Crippen molar-refractivity contribution in [2.24, 2.45) is 0 Å². The lowest BCUT2D eigenvalue weighted by atomic mass is 10.1. The highest BCUT2D eigenvalue weighted by Gasteiger charge is 2.10. The van der Waals surface area contributed by atoms with Crippen molar-refractivity contribution in [3.63, 3.8) is 0 Å². The summed E-state index contributed by atoms with van der Waals surface area (Å²) >= 11 is 0. The molecule has 3 N–H and O–H groups in total. The first-order chi connectivity index (χ1) is 8.45. The molecule has 0 fully saturated rings. The third-order valence-electron chi connectivity index (χ3n) is 2.56. The maximum Gasteiger partial charge on any atom is 0.151 e. The van der Waals surface area contributed by atoms with Crippen molar-refractivity contribution in [1.82, 2.24) is 0 Å². The van der Waals surface area contributed by atoms with E-state index in [1.54, 1.807) is 0 Å². The van der Waals surface area contributed by atoms with Crippen LogP contribution in [-0.2, 0) is 0 Å². The Bertz CT molecular complexity index is 551. The van der Waals surface area contributed by atoms with Crippen LogP contribution in [0.3, 0.4) is 0 Å². The predicted octanol–water partition coefficient (Wildman–Crippen LogP) is 3.91. The van der Waals surface area contributed by atoms with Crippen LogP contribution in [0.5, 0.6) is 0 Å². The third-order valence-corrected chi connectivity index (χ3v) is 2.56. The first-order valence-corrected chi connectivity index (χ1v) is 5.55. The highest BCUT2D eigenvalue weighted by atomic mass is 19.1. The second-order valence-electron chi connectivity index (χ2n) is 4.36. The van der Waals surface area contributed by atoms with Gasteiger partial charge in [0, 0.05) is 11.4 Å². The summed E-state index contributed by atoms with van der Waals surface area (Å²) in [7, 11) is 0. The van der Waals surface area contributed by atoms with Gasteiger partial charge in [0.1, 0.15) is 5.69 Å². The average molecular weight is 248 g/mol. The zero-order chi connectivity index (χ0) is 13.3. The van der Waals surface area contributed by atoms with E-state index in [2.05, 4.69) is 5.32 Å². The average Bonchev–Trinajstić information content (AvgIpc) is 2.22. The molecule has 2 rings (SSSR count). The highest BCUT2D eigenvalue weighted by Crippen LogP contribution is 2.26. The standard InChI is InChI=1S/C14H14F2N2/c1-8-3-9(2)5-11(4-8)18-14-12(15)6-10(17)7-13(14)16/h3-7,18H,17H2,1-2H3. The van der Waals surface area contributed by atoms with E-state index in [1.807, 2.05) is 32.0 Å². The summed E-state index contributed by atoms with van der Waals surface area (Å²) in [5.74, 6) is -1.40. The van der Waals surface area contributed by atoms with Crippen molar-refractivity contribution in [1.29, 1.82) is 0 Å². The van der Waals surface area contributed by atoms with E-state index in [1.165, 1.54) is 0 Å². The Kier molecular flexibility index (Phi) is 3.19. The fourth-order valence-electron chi connectivity index (χ4n) is 1.90. The third kappa shape index (κ3) is 2.59. The Morgan fingerprint density at radius 3 is 1.89 bits per heavy atom. The molecule has 0 spiro atoms. The maximum atomic E-state index is 13.6. The van der Waals surface area contributed by atoms with Crippen molar-refractivity contribution in [2.45, 2.75) is 13.8 Å². The van der Waals surface area contributed by atoms with Gasteiger partial charge in [0.15, 0.2) is 11.6 Å². The van der Waals surface area contributed by atoms with E-state index >= 15 is 0 Å². The molecule has 0 amide bonds. The van der Waals surface area contributed by atoms with Gasteiger partial charge in [-0.2, -0.15) is 0 Å². The van der Waals surface area contributed by atoms with Gasteiger partial charge in [0.2, 0.25) is 0 Å². The van der Waals surface area contributed by atoms with Crippen molar-refractivity contribution >= 4 is 17.1 Å². The van der Waals surface area contributed by atoms with Gasteiger partial charge in [-0.25, -0.2) is 8.78 Å². The lowest BCUT2D eigenvalue weighted by Gasteiger charge is -2.11. The number of benzene rings is 2. The minimum absolute atomic E-state index is 0.0657. The highest BCUT2D eigenvalue weighted by molar-refractivity contribution is 5.64. The maximum absolute atomic E-state index is 13.6. The molecule has 2 nitrogen and oxygen atoms in total. The Balaban J connectivity index is 2.40. The molecule has 0 aromatic heterocycles. The summed E-state index contributed by atoms with van der Waals surface area (Å²) < 4.78 is 27.2. The molecule has 0 atom stereocenters. The van der Waals surface area contributed by atoms with Gasteiger partial charge in [-0.15, -0.1) is 0 Å². The van der Waals surface area contributed by atoms with E-state index in [0.29, 0.717) is 5.69 Å². The van der Waals surface area contributed by atoms with Crippen molar-refractivity contribution < 1.29 is 8.78 Å². The van der Waals surface area contributed by atoms with Gasteiger partial charge in [-0.05, 0) is 49.2 Å². The Morgan fingerprint density at radius 2 is 1.39 bits per heavy atom. The summed E-state index contributed by atoms with van der Waals surface area (Å²) in [6.45, 7) is 3.85. The first-order valence-electron chi connectivity index (χ1n) is 5.55. The summed E-state index contributed by atoms with van der Waals surface area (Å²) in [5.41, 5.74) is 7.93. The second kappa shape index (κ2) is 4.64. The van der Waals surface area contributed by atoms with Gasteiger partial charge < -0.3 is 11.1 Å². The topological polar surface area (TPSA) is 38.0 Å². The fourth-order valence-corrected chi connectivity index (χ4v) is 1.90. The van der Waals surface area contributed by atoms with Gasteiger partial charge >= 0.3 is 0 Å². The number of hydrogen-bond donors (Lipinski definition) is 2. The molecule has 0 aliphatic carbocycles. The molecule has 0 aliphatic heterocycles. The molecule has 4 heteroatoms. The normalized spacial score (nSPS) is 10.4. The molecular formula is C14H14F2N2. The summed E-state index contributed by atoms with van der Waals surface area (Å²) in [6.07, 6.45) is 0. The van der Waals surface area contributed by atoms with E-state index in [4.69, 9.17) is 5.73 Å². The zero-order valence-corrected chi connectivity index (χ0v) is 10.2. The second-order valence-corrected chi connectivity index (χ2v) is 4.36. The summed E-state index contributed by atoms with van der Waals surface area (Å²) in [5, 5.41) is 2.74. The minimum Gasteiger partial charge on any atom is -0.399 e. The molecule has 0 radical (unpaired) electrons. The molecule has 94 valence electrons. The Morgan fingerprint density at radius 1 is 0.889 bits per heavy atom. The Labute approximate surface area is 104 Å². The molecule has 0 bridgehead atoms. The van der Waals surface area contributed by atoms with E-state index < -0.39 is 11.6 Å². The van der Waals surface area contributed by atoms with Crippen LogP contribution in [0.25, 0.3) is 0 Å². The van der Waals surface area contributed by atoms with Crippen LogP contribution < -0.4 is 11.1 Å². The van der Waals surface area contributed by atoms with Crippen LogP contribution in [0.4, 0.5) is 25.8 Å². The van der Waals surface area contributed by atoms with Gasteiger partial charge in [0.25, 0.3) is 0 Å². The van der Waals surface area contributed by atoms with Crippen LogP contribution in [-0.4, -0.2) is 0 Å². The molecule has 0 saturated heterocycles. The lowest BCUT2D eigenvalue weighted by Crippen LogP contribution is -2.00. The first kappa shape index (κ1) is 12.4. The number of rotatable bonds is 2. The molecule has 2 aromatic carbocycles. The van der Waals surface area contributed by atoms with Crippen LogP contribution in [0.2, 0.25) is 0 Å². The number of aryl methyl sites for hydroxylation is 2. The molecule has 0 heterocycles. The molecule has 18 heavy (non-hydrogen) atoms. The van der Waals surface area contributed by atoms with Crippen molar-refractivity contribution in [2.75, 3.05) is 11.1 Å². The minimum atomic E-state index is -0.702. The monoisotopic (exact) mass is 248 g/mol. The largest absolute Gasteiger partial charge is 0.399 e. The molecule has 0 aliphatic rings. The van der Waals surface area contributed by atoms with Crippen molar-refractivity contribution in [3.8, 4) is 0 Å². The number of hydrogen-bond acceptors (Lipinski definition) is 2. The number of halogens is 2. The number of nitrogens with one attached hydrogen (secondary N) is 1. The van der Waals surface area contributed by atoms with Gasteiger partial charge in [0.05, 0.1) is 0 Å². The quantitative estimate of drug-likeness (QED) is 0.791. The van der Waals surface area contributed by atoms with Gasteiger partial charge in [-0.1, -0.05) is 6.07 Å². The smallest absolute Gasteiger partial charge is 0.151 e. The number of anilines is 3. The lowest BCUT2D eigenvalue weighted by molar-refractivity contribution is 0.592. The summed E-state index contributed by atoms with van der Waals surface area (Å²) in [6, 6.07) is 7.81. The van der Waals surface area contributed by atoms with Crippen molar-refractivity contribution in [3.05, 3.63) is 53.1 Å². The zero-order valence-electron chi connectivity index (χ0n) is 10.2. The fraction of sp³-hybridized carbons (Fsp3) is 0.143. The molecule has 0 unspecified atom stereocenters. The Hall–Kier alpha value is -2.10. The van der Waals surface area contributed by atoms with Crippen LogP contribution in [0.1, 0.15) is 11.1 Å². The van der Waals surface area contributed by atoms with Crippen LogP contribution >= 0.6 is 0 Å². The van der Waals surface area contributed by atoms with E-state index in [9.17, 15) is 8.78 Å². The van der Waals surface area contributed by atoms with Crippen LogP contribution in [0.15, 0.2) is 30.3 Å². The number of nitrogens with two attached hydrogens (primary N) is 1. The van der Waals surface area contributed by atoms with Gasteiger partial charge in [-0.3, -0.25) is 0 Å². The SMILES string of the molecule is Cc1cc(C)cc(Nc2c(F)cc(N)cc2F)c1. The molecular weight excluding hydrogens is 234 g/mol. The number of nitrogen functional groups attached to an aromatic ring is 1. The van der Waals surface area contributed by atoms with E-state index in [0.717, 1.165) is 23.3 Å².